The fourth-order valence-corrected chi connectivity index (χ4v) is 2.20. The zero-order chi connectivity index (χ0) is 17.5. The van der Waals surface area contributed by atoms with Gasteiger partial charge in [0.15, 0.2) is 5.78 Å². The summed E-state index contributed by atoms with van der Waals surface area (Å²) < 4.78 is 5.11. The highest BCUT2D eigenvalue weighted by molar-refractivity contribution is 6.07. The first-order valence-electron chi connectivity index (χ1n) is 7.81. The van der Waals surface area contributed by atoms with E-state index < -0.39 is 0 Å². The lowest BCUT2D eigenvalue weighted by Crippen LogP contribution is -1.96. The lowest BCUT2D eigenvalue weighted by atomic mass is 10.0. The van der Waals surface area contributed by atoms with Gasteiger partial charge >= 0.3 is 0 Å². The predicted octanol–water partition coefficient (Wildman–Crippen LogP) is 4.81. The average molecular weight is 322 g/mol. The van der Waals surface area contributed by atoms with Crippen molar-refractivity contribution in [3.63, 3.8) is 0 Å². The minimum Gasteiger partial charge on any atom is -0.508 e. The monoisotopic (exact) mass is 322 g/mol. The molecule has 0 unspecified atom stereocenters. The van der Waals surface area contributed by atoms with Gasteiger partial charge in [-0.25, -0.2) is 0 Å². The number of ketones is 1. The Hall–Kier alpha value is -2.81. The van der Waals surface area contributed by atoms with Crippen molar-refractivity contribution in [3.8, 4) is 11.5 Å². The maximum absolute atomic E-state index is 12.3. The van der Waals surface area contributed by atoms with Crippen LogP contribution in [0.1, 0.15) is 35.3 Å². The number of phenols is 1. The quantitative estimate of drug-likeness (QED) is 0.472. The van der Waals surface area contributed by atoms with Gasteiger partial charge in [0.2, 0.25) is 0 Å². The molecule has 0 spiro atoms. The van der Waals surface area contributed by atoms with Gasteiger partial charge in [0, 0.05) is 5.56 Å². The molecular formula is C21H22O3. The second-order valence-electron chi connectivity index (χ2n) is 5.80. The first-order valence-corrected chi connectivity index (χ1v) is 7.81. The first-order chi connectivity index (χ1) is 11.5. The number of carbonyl (C=O) groups excluding carboxylic acids is 1. The van der Waals surface area contributed by atoms with E-state index in [1.54, 1.807) is 37.5 Å². The van der Waals surface area contributed by atoms with E-state index in [1.807, 2.05) is 44.2 Å². The lowest BCUT2D eigenvalue weighted by Gasteiger charge is -2.04. The van der Waals surface area contributed by atoms with E-state index in [4.69, 9.17) is 4.74 Å². The Kier molecular flexibility index (Phi) is 5.96. The standard InChI is InChI=1S/C21H22O3/c1-15(2)4-8-17-14-18(9-13-21(17)23)20(22)12-7-16-5-10-19(24-3)11-6-16/h4-7,9-14,23H,8H2,1-3H3/b12-7+. The SMILES string of the molecule is COc1ccc(/C=C/C(=O)c2ccc(O)c(CC=C(C)C)c2)cc1. The molecule has 0 radical (unpaired) electrons. The minimum absolute atomic E-state index is 0.0933. The van der Waals surface area contributed by atoms with Crippen LogP contribution in [-0.2, 0) is 6.42 Å². The highest BCUT2D eigenvalue weighted by Crippen LogP contribution is 2.21. The predicted molar refractivity (Wildman–Crippen MR) is 97.6 cm³/mol. The second kappa shape index (κ2) is 8.16. The van der Waals surface area contributed by atoms with Crippen LogP contribution in [0.25, 0.3) is 6.08 Å². The van der Waals surface area contributed by atoms with Gasteiger partial charge in [-0.15, -0.1) is 0 Å². The number of aromatic hydroxyl groups is 1. The van der Waals surface area contributed by atoms with Gasteiger partial charge in [0.1, 0.15) is 11.5 Å². The molecule has 0 saturated heterocycles. The number of hydrogen-bond donors (Lipinski definition) is 1. The van der Waals surface area contributed by atoms with Crippen molar-refractivity contribution in [2.24, 2.45) is 0 Å². The van der Waals surface area contributed by atoms with E-state index in [-0.39, 0.29) is 11.5 Å². The van der Waals surface area contributed by atoms with Crippen LogP contribution in [0.15, 0.2) is 60.2 Å². The molecule has 2 rings (SSSR count). The number of allylic oxidation sites excluding steroid dienone is 3. The summed E-state index contributed by atoms with van der Waals surface area (Å²) in [6.45, 7) is 4.01. The molecular weight excluding hydrogens is 300 g/mol. The van der Waals surface area contributed by atoms with Gasteiger partial charge in [-0.05, 0) is 67.8 Å². The van der Waals surface area contributed by atoms with Crippen LogP contribution in [0, 0.1) is 0 Å². The van der Waals surface area contributed by atoms with Crippen molar-refractivity contribution in [3.05, 3.63) is 76.9 Å². The minimum atomic E-state index is -0.0933. The molecule has 0 aromatic heterocycles. The third kappa shape index (κ3) is 4.85. The zero-order valence-electron chi connectivity index (χ0n) is 14.2. The average Bonchev–Trinajstić information content (AvgIpc) is 2.59. The Balaban J connectivity index is 2.15. The number of phenolic OH excluding ortho intramolecular Hbond substituents is 1. The van der Waals surface area contributed by atoms with Crippen LogP contribution in [0.5, 0.6) is 11.5 Å². The normalized spacial score (nSPS) is 10.6. The molecule has 0 heterocycles. The zero-order valence-corrected chi connectivity index (χ0v) is 14.2. The summed E-state index contributed by atoms with van der Waals surface area (Å²) in [6, 6.07) is 12.4. The van der Waals surface area contributed by atoms with Gasteiger partial charge in [-0.2, -0.15) is 0 Å². The smallest absolute Gasteiger partial charge is 0.185 e. The third-order valence-corrected chi connectivity index (χ3v) is 3.64. The molecule has 0 fully saturated rings. The number of methoxy groups -OCH3 is 1. The maximum Gasteiger partial charge on any atom is 0.185 e. The number of carbonyl (C=O) groups is 1. The Morgan fingerprint density at radius 1 is 1.12 bits per heavy atom. The molecule has 0 aliphatic heterocycles. The molecule has 24 heavy (non-hydrogen) atoms. The van der Waals surface area contributed by atoms with Gasteiger partial charge in [0.05, 0.1) is 7.11 Å². The fraction of sp³-hybridized carbons (Fsp3) is 0.190. The van der Waals surface area contributed by atoms with Crippen LogP contribution >= 0.6 is 0 Å². The molecule has 0 amide bonds. The number of hydrogen-bond acceptors (Lipinski definition) is 3. The number of benzene rings is 2. The topological polar surface area (TPSA) is 46.5 Å². The van der Waals surface area contributed by atoms with Crippen molar-refractivity contribution in [2.45, 2.75) is 20.3 Å². The van der Waals surface area contributed by atoms with Crippen LogP contribution in [0.4, 0.5) is 0 Å². The number of ether oxygens (including phenoxy) is 1. The molecule has 3 nitrogen and oxygen atoms in total. The molecule has 3 heteroatoms. The summed E-state index contributed by atoms with van der Waals surface area (Å²) in [7, 11) is 1.62. The van der Waals surface area contributed by atoms with Crippen LogP contribution < -0.4 is 4.74 Å². The van der Waals surface area contributed by atoms with Crippen molar-refractivity contribution in [1.82, 2.24) is 0 Å². The summed E-state index contributed by atoms with van der Waals surface area (Å²) >= 11 is 0. The largest absolute Gasteiger partial charge is 0.508 e. The van der Waals surface area contributed by atoms with E-state index >= 15 is 0 Å². The number of rotatable bonds is 6. The highest BCUT2D eigenvalue weighted by Gasteiger charge is 2.06. The molecule has 2 aromatic carbocycles. The van der Waals surface area contributed by atoms with Crippen molar-refractivity contribution < 1.29 is 14.6 Å². The fourth-order valence-electron chi connectivity index (χ4n) is 2.20. The van der Waals surface area contributed by atoms with E-state index in [0.717, 1.165) is 16.9 Å². The van der Waals surface area contributed by atoms with Crippen molar-refractivity contribution in [1.29, 1.82) is 0 Å². The molecule has 0 saturated carbocycles. The summed E-state index contributed by atoms with van der Waals surface area (Å²) in [6.07, 6.45) is 5.94. The molecule has 124 valence electrons. The molecule has 0 atom stereocenters. The Labute approximate surface area is 142 Å². The third-order valence-electron chi connectivity index (χ3n) is 3.64. The molecule has 0 aliphatic rings. The van der Waals surface area contributed by atoms with Gasteiger partial charge in [-0.3, -0.25) is 4.79 Å². The summed E-state index contributed by atoms with van der Waals surface area (Å²) in [5.74, 6) is 0.897. The first kappa shape index (κ1) is 17.5. The highest BCUT2D eigenvalue weighted by atomic mass is 16.5. The Bertz CT molecular complexity index is 764. The lowest BCUT2D eigenvalue weighted by molar-refractivity contribution is 0.104. The van der Waals surface area contributed by atoms with E-state index in [9.17, 15) is 9.90 Å². The summed E-state index contributed by atoms with van der Waals surface area (Å²) in [4.78, 5) is 12.3. The van der Waals surface area contributed by atoms with Crippen LogP contribution in [0.3, 0.4) is 0 Å². The van der Waals surface area contributed by atoms with Crippen molar-refractivity contribution in [2.75, 3.05) is 7.11 Å². The van der Waals surface area contributed by atoms with E-state index in [1.165, 1.54) is 5.57 Å². The van der Waals surface area contributed by atoms with Gasteiger partial charge in [0.25, 0.3) is 0 Å². The van der Waals surface area contributed by atoms with Crippen LogP contribution in [-0.4, -0.2) is 18.0 Å². The van der Waals surface area contributed by atoms with Gasteiger partial charge in [-0.1, -0.05) is 29.9 Å². The second-order valence-corrected chi connectivity index (χ2v) is 5.80. The summed E-state index contributed by atoms with van der Waals surface area (Å²) in [5.41, 5.74) is 3.41. The molecule has 0 bridgehead atoms. The molecule has 1 N–H and O–H groups in total. The van der Waals surface area contributed by atoms with Crippen molar-refractivity contribution >= 4 is 11.9 Å². The van der Waals surface area contributed by atoms with E-state index in [0.29, 0.717) is 12.0 Å². The summed E-state index contributed by atoms with van der Waals surface area (Å²) in [5, 5.41) is 9.92. The van der Waals surface area contributed by atoms with Crippen LogP contribution in [0.2, 0.25) is 0 Å². The molecule has 2 aromatic rings. The Morgan fingerprint density at radius 2 is 1.83 bits per heavy atom. The Morgan fingerprint density at radius 3 is 2.46 bits per heavy atom. The van der Waals surface area contributed by atoms with E-state index in [2.05, 4.69) is 0 Å². The van der Waals surface area contributed by atoms with Gasteiger partial charge < -0.3 is 9.84 Å². The maximum atomic E-state index is 12.3. The molecule has 0 aliphatic carbocycles.